The Kier molecular flexibility index (Phi) is 4.94. The molecule has 0 atom stereocenters. The molecule has 0 aliphatic heterocycles. The van der Waals surface area contributed by atoms with Crippen molar-refractivity contribution < 1.29 is 14.8 Å². The van der Waals surface area contributed by atoms with Crippen LogP contribution in [0.3, 0.4) is 0 Å². The predicted octanol–water partition coefficient (Wildman–Crippen LogP) is 1.10. The minimum absolute atomic E-state index is 0.0506. The number of benzene rings is 1. The van der Waals surface area contributed by atoms with Crippen LogP contribution in [0.2, 0.25) is 0 Å². The zero-order valence-electron chi connectivity index (χ0n) is 14.2. The molecule has 2 amide bonds. The first-order valence-corrected chi connectivity index (χ1v) is 7.91. The van der Waals surface area contributed by atoms with Crippen molar-refractivity contribution in [2.24, 2.45) is 0 Å². The monoisotopic (exact) mass is 381 g/mol. The highest BCUT2D eigenvalue weighted by Gasteiger charge is 2.15. The number of nitrogens with one attached hydrogen (secondary N) is 2. The van der Waals surface area contributed by atoms with Crippen molar-refractivity contribution in [2.75, 3.05) is 10.6 Å². The third-order valence-electron chi connectivity index (χ3n) is 3.73. The number of rotatable bonds is 4. The zero-order valence-corrected chi connectivity index (χ0v) is 14.2. The summed E-state index contributed by atoms with van der Waals surface area (Å²) >= 11 is 0. The molecule has 3 aromatic rings. The number of pyridine rings is 2. The van der Waals surface area contributed by atoms with E-state index >= 15 is 0 Å². The summed E-state index contributed by atoms with van der Waals surface area (Å²) in [4.78, 5) is 47.5. The summed E-state index contributed by atoms with van der Waals surface area (Å²) in [5.41, 5.74) is -2.12. The lowest BCUT2D eigenvalue weighted by Gasteiger charge is -2.17. The van der Waals surface area contributed by atoms with Crippen LogP contribution in [-0.2, 0) is 0 Å². The molecule has 2 aromatic heterocycles. The Morgan fingerprint density at radius 1 is 0.750 bits per heavy atom. The Bertz CT molecular complexity index is 1090. The molecular formula is C18H13N4O6-. The lowest BCUT2D eigenvalue weighted by molar-refractivity contribution is 0.0959. The number of anilines is 2. The lowest BCUT2D eigenvalue weighted by Crippen LogP contribution is -2.27. The molecule has 28 heavy (non-hydrogen) atoms. The number of aromatic nitrogens is 2. The average molecular weight is 381 g/mol. The lowest BCUT2D eigenvalue weighted by atomic mass is 10.2. The molecule has 0 radical (unpaired) electrons. The summed E-state index contributed by atoms with van der Waals surface area (Å²) < 4.78 is 0.140. The number of para-hydroxylation sites is 2. The Labute approximate surface area is 156 Å². The van der Waals surface area contributed by atoms with Crippen LogP contribution >= 0.6 is 0 Å². The SMILES string of the molecule is O=C(Nc1ccccc1NC(=O)c1cccc(=O)n1O)c1cccc(=O)n1[O-]. The maximum absolute atomic E-state index is 12.4. The van der Waals surface area contributed by atoms with E-state index in [1.165, 1.54) is 36.4 Å². The molecule has 0 aliphatic rings. The molecule has 1 aromatic carbocycles. The highest BCUT2D eigenvalue weighted by Crippen LogP contribution is 2.22. The molecule has 10 heteroatoms. The van der Waals surface area contributed by atoms with Gasteiger partial charge < -0.3 is 25.8 Å². The van der Waals surface area contributed by atoms with Gasteiger partial charge in [-0.3, -0.25) is 19.2 Å². The van der Waals surface area contributed by atoms with E-state index in [2.05, 4.69) is 10.6 Å². The van der Waals surface area contributed by atoms with Gasteiger partial charge in [-0.25, -0.2) is 0 Å². The molecule has 142 valence electrons. The van der Waals surface area contributed by atoms with Gasteiger partial charge in [-0.1, -0.05) is 24.3 Å². The number of carbonyl (C=O) groups excluding carboxylic acids is 2. The highest BCUT2D eigenvalue weighted by atomic mass is 16.5. The van der Waals surface area contributed by atoms with Gasteiger partial charge in [0.1, 0.15) is 11.4 Å². The third-order valence-corrected chi connectivity index (χ3v) is 3.73. The molecule has 2 heterocycles. The van der Waals surface area contributed by atoms with E-state index in [9.17, 15) is 29.6 Å². The molecule has 0 unspecified atom stereocenters. The first-order valence-electron chi connectivity index (χ1n) is 7.91. The van der Waals surface area contributed by atoms with Crippen LogP contribution < -0.4 is 21.8 Å². The van der Waals surface area contributed by atoms with Crippen molar-refractivity contribution in [2.45, 2.75) is 0 Å². The summed E-state index contributed by atoms with van der Waals surface area (Å²) in [6, 6.07) is 13.2. The minimum atomic E-state index is -0.890. The Hall–Kier alpha value is -4.34. The minimum Gasteiger partial charge on any atom is -0.803 e. The zero-order chi connectivity index (χ0) is 20.3. The summed E-state index contributed by atoms with van der Waals surface area (Å²) in [6.07, 6.45) is 0. The van der Waals surface area contributed by atoms with Crippen LogP contribution in [0.1, 0.15) is 21.0 Å². The van der Waals surface area contributed by atoms with Crippen LogP contribution in [0.15, 0.2) is 70.3 Å². The first kappa shape index (κ1) is 18.5. The maximum atomic E-state index is 12.4. The van der Waals surface area contributed by atoms with Crippen molar-refractivity contribution in [3.63, 3.8) is 0 Å². The van der Waals surface area contributed by atoms with Crippen molar-refractivity contribution >= 4 is 23.2 Å². The maximum Gasteiger partial charge on any atom is 0.283 e. The number of carbonyl (C=O) groups is 2. The molecule has 0 aliphatic carbocycles. The van der Waals surface area contributed by atoms with Gasteiger partial charge in [-0.2, -0.15) is 0 Å². The van der Waals surface area contributed by atoms with Gasteiger partial charge in [-0.05, 0) is 24.3 Å². The van der Waals surface area contributed by atoms with Gasteiger partial charge in [0, 0.05) is 12.1 Å². The Balaban J connectivity index is 1.87. The number of nitrogens with zero attached hydrogens (tertiary/aromatic N) is 2. The Morgan fingerprint density at radius 2 is 1.25 bits per heavy atom. The molecule has 0 saturated carbocycles. The van der Waals surface area contributed by atoms with Crippen molar-refractivity contribution in [3.05, 3.63) is 98.0 Å². The second-order valence-electron chi connectivity index (χ2n) is 5.56. The van der Waals surface area contributed by atoms with E-state index in [-0.39, 0.29) is 26.5 Å². The fraction of sp³-hybridized carbons (Fsp3) is 0. The second kappa shape index (κ2) is 7.50. The highest BCUT2D eigenvalue weighted by molar-refractivity contribution is 6.09. The quantitative estimate of drug-likeness (QED) is 0.577. The van der Waals surface area contributed by atoms with Crippen LogP contribution in [0, 0.1) is 5.21 Å². The molecule has 10 nitrogen and oxygen atoms in total. The van der Waals surface area contributed by atoms with Gasteiger partial charge in [-0.15, -0.1) is 4.73 Å². The van der Waals surface area contributed by atoms with Crippen LogP contribution in [0.25, 0.3) is 0 Å². The van der Waals surface area contributed by atoms with E-state index in [4.69, 9.17) is 0 Å². The standard InChI is InChI=1S/C18H13N4O6/c23-15-9-3-7-13(21(15)27)17(25)19-11-5-1-2-6-12(11)20-18(26)14-8-4-10-16(24)22(14)28/h1-10,27H,(H,19,25)(H,20,26)/q-1. The average Bonchev–Trinajstić information content (AvgIpc) is 2.67. The van der Waals surface area contributed by atoms with E-state index in [0.717, 1.165) is 12.1 Å². The molecule has 0 saturated heterocycles. The number of hydrogen-bond acceptors (Lipinski definition) is 6. The van der Waals surface area contributed by atoms with Crippen molar-refractivity contribution in [1.29, 1.82) is 0 Å². The molecule has 3 N–H and O–H groups in total. The molecule has 0 spiro atoms. The second-order valence-corrected chi connectivity index (χ2v) is 5.56. The smallest absolute Gasteiger partial charge is 0.283 e. The third kappa shape index (κ3) is 3.60. The summed E-state index contributed by atoms with van der Waals surface area (Å²) in [5.74, 6) is -1.66. The molecular weight excluding hydrogens is 368 g/mol. The summed E-state index contributed by atoms with van der Waals surface area (Å²) in [6.45, 7) is 0. The van der Waals surface area contributed by atoms with E-state index in [1.807, 2.05) is 0 Å². The van der Waals surface area contributed by atoms with Crippen molar-refractivity contribution in [1.82, 2.24) is 9.46 Å². The molecule has 0 fully saturated rings. The van der Waals surface area contributed by atoms with Gasteiger partial charge >= 0.3 is 0 Å². The van der Waals surface area contributed by atoms with Crippen LogP contribution in [-0.4, -0.2) is 26.5 Å². The fourth-order valence-electron chi connectivity index (χ4n) is 2.37. The van der Waals surface area contributed by atoms with Crippen LogP contribution in [0.5, 0.6) is 0 Å². The van der Waals surface area contributed by atoms with Crippen molar-refractivity contribution in [3.8, 4) is 0 Å². The van der Waals surface area contributed by atoms with Gasteiger partial charge in [0.05, 0.1) is 11.4 Å². The number of hydrogen-bond donors (Lipinski definition) is 3. The summed E-state index contributed by atoms with van der Waals surface area (Å²) in [5, 5.41) is 26.3. The number of amides is 2. The summed E-state index contributed by atoms with van der Waals surface area (Å²) in [7, 11) is 0. The van der Waals surface area contributed by atoms with E-state index < -0.39 is 28.6 Å². The molecule has 0 bridgehead atoms. The van der Waals surface area contributed by atoms with E-state index in [0.29, 0.717) is 0 Å². The molecule has 3 rings (SSSR count). The topological polar surface area (TPSA) is 145 Å². The van der Waals surface area contributed by atoms with E-state index in [1.54, 1.807) is 12.1 Å². The largest absolute Gasteiger partial charge is 0.803 e. The predicted molar refractivity (Wildman–Crippen MR) is 99.7 cm³/mol. The normalized spacial score (nSPS) is 10.3. The first-order chi connectivity index (χ1) is 13.4. The van der Waals surface area contributed by atoms with Gasteiger partial charge in [0.15, 0.2) is 0 Å². The van der Waals surface area contributed by atoms with Gasteiger partial charge in [0.2, 0.25) is 5.56 Å². The Morgan fingerprint density at radius 3 is 1.86 bits per heavy atom. The fourth-order valence-corrected chi connectivity index (χ4v) is 2.37. The van der Waals surface area contributed by atoms with Gasteiger partial charge in [0.25, 0.3) is 17.4 Å². The van der Waals surface area contributed by atoms with Crippen LogP contribution in [0.4, 0.5) is 11.4 Å².